The van der Waals surface area contributed by atoms with E-state index in [9.17, 15) is 14.9 Å². The predicted molar refractivity (Wildman–Crippen MR) is 122 cm³/mol. The number of Topliss-reactive ketones (excluding diaryl/α,β-unsaturated/α-hetero) is 1. The van der Waals surface area contributed by atoms with Crippen LogP contribution < -0.4 is 0 Å². The van der Waals surface area contributed by atoms with Crippen LogP contribution in [0.15, 0.2) is 84.0 Å². The fourth-order valence-electron chi connectivity index (χ4n) is 3.32. The van der Waals surface area contributed by atoms with Crippen molar-refractivity contribution in [3.05, 3.63) is 94.5 Å². The van der Waals surface area contributed by atoms with Crippen molar-refractivity contribution in [1.29, 1.82) is 0 Å². The number of rotatable bonds is 6. The molecule has 0 radical (unpaired) electrons. The van der Waals surface area contributed by atoms with Gasteiger partial charge >= 0.3 is 0 Å². The zero-order valence-electron chi connectivity index (χ0n) is 16.6. The minimum Gasteiger partial charge on any atom is -0.293 e. The number of hydrogen-bond donors (Lipinski definition) is 0. The van der Waals surface area contributed by atoms with Crippen LogP contribution in [0.5, 0.6) is 0 Å². The molecule has 0 atom stereocenters. The van der Waals surface area contributed by atoms with Gasteiger partial charge in [0, 0.05) is 28.6 Å². The summed E-state index contributed by atoms with van der Waals surface area (Å²) in [6.07, 6.45) is 0. The number of benzene rings is 3. The molecule has 0 aliphatic carbocycles. The molecular weight excluding hydrogens is 426 g/mol. The van der Waals surface area contributed by atoms with Crippen molar-refractivity contribution in [3.8, 4) is 11.4 Å². The van der Waals surface area contributed by atoms with E-state index < -0.39 is 4.92 Å². The quantitative estimate of drug-likeness (QED) is 0.122. The number of non-ortho nitro benzene ring substituents is 1. The first-order valence-corrected chi connectivity index (χ1v) is 10.7. The largest absolute Gasteiger partial charge is 0.293 e. The number of nitro benzene ring substituents is 1. The minimum absolute atomic E-state index is 0.000277. The van der Waals surface area contributed by atoms with E-state index in [1.54, 1.807) is 28.8 Å². The molecule has 0 aliphatic heterocycles. The topological polar surface area (TPSA) is 103 Å². The molecule has 2 heterocycles. The zero-order chi connectivity index (χ0) is 22.1. The van der Waals surface area contributed by atoms with Crippen molar-refractivity contribution in [2.45, 2.75) is 5.16 Å². The molecule has 5 rings (SSSR count). The molecule has 32 heavy (non-hydrogen) atoms. The Balaban J connectivity index is 1.56. The van der Waals surface area contributed by atoms with Gasteiger partial charge in [-0.15, -0.1) is 5.10 Å². The van der Waals surface area contributed by atoms with Gasteiger partial charge in [0.25, 0.3) is 5.69 Å². The molecule has 0 saturated heterocycles. The van der Waals surface area contributed by atoms with Gasteiger partial charge in [-0.05, 0) is 24.3 Å². The van der Waals surface area contributed by atoms with E-state index in [0.717, 1.165) is 10.9 Å². The molecule has 8 nitrogen and oxygen atoms in total. The average molecular weight is 441 g/mol. The second-order valence-corrected chi connectivity index (χ2v) is 7.91. The van der Waals surface area contributed by atoms with Crippen LogP contribution in [0.1, 0.15) is 10.4 Å². The molecule has 3 aromatic carbocycles. The van der Waals surface area contributed by atoms with Crippen molar-refractivity contribution in [2.24, 2.45) is 0 Å². The van der Waals surface area contributed by atoms with Gasteiger partial charge in [0.15, 0.2) is 22.4 Å². The van der Waals surface area contributed by atoms with Gasteiger partial charge in [0.1, 0.15) is 0 Å². The molecule has 9 heteroatoms. The van der Waals surface area contributed by atoms with Crippen molar-refractivity contribution in [2.75, 3.05) is 5.75 Å². The maximum absolute atomic E-state index is 12.6. The highest BCUT2D eigenvalue weighted by Crippen LogP contribution is 2.27. The molecule has 0 bridgehead atoms. The van der Waals surface area contributed by atoms with E-state index in [2.05, 4.69) is 10.1 Å². The Bertz CT molecular complexity index is 1470. The molecule has 0 N–H and O–H groups in total. The summed E-state index contributed by atoms with van der Waals surface area (Å²) in [5.74, 6) is 0.626. The summed E-state index contributed by atoms with van der Waals surface area (Å²) in [5, 5.41) is 16.9. The van der Waals surface area contributed by atoms with E-state index in [1.807, 2.05) is 42.5 Å². The van der Waals surface area contributed by atoms with E-state index >= 15 is 0 Å². The van der Waals surface area contributed by atoms with Crippen LogP contribution in [0.25, 0.3) is 27.9 Å². The summed E-state index contributed by atoms with van der Waals surface area (Å²) in [5.41, 5.74) is 2.65. The van der Waals surface area contributed by atoms with Crippen LogP contribution in [0, 0.1) is 10.1 Å². The fourth-order valence-corrected chi connectivity index (χ4v) is 4.16. The summed E-state index contributed by atoms with van der Waals surface area (Å²) < 4.78 is 1.63. The zero-order valence-corrected chi connectivity index (χ0v) is 17.4. The van der Waals surface area contributed by atoms with E-state index in [0.29, 0.717) is 27.8 Å². The van der Waals surface area contributed by atoms with Gasteiger partial charge < -0.3 is 0 Å². The third kappa shape index (κ3) is 3.69. The molecule has 156 valence electrons. The van der Waals surface area contributed by atoms with Crippen LogP contribution in [0.4, 0.5) is 5.69 Å². The molecule has 0 fully saturated rings. The molecule has 0 unspecified atom stereocenters. The number of carbonyl (C=O) groups is 1. The predicted octanol–water partition coefficient (Wildman–Crippen LogP) is 4.83. The monoisotopic (exact) mass is 441 g/mol. The lowest BCUT2D eigenvalue weighted by Gasteiger charge is -2.06. The lowest BCUT2D eigenvalue weighted by Crippen LogP contribution is -2.05. The van der Waals surface area contributed by atoms with Gasteiger partial charge in [-0.3, -0.25) is 14.9 Å². The maximum atomic E-state index is 12.6. The first kappa shape index (κ1) is 19.8. The fraction of sp³-hybridized carbons (Fsp3) is 0.0435. The van der Waals surface area contributed by atoms with Crippen LogP contribution in [-0.2, 0) is 0 Å². The minimum atomic E-state index is -0.448. The van der Waals surface area contributed by atoms with Crippen LogP contribution in [0.3, 0.4) is 0 Å². The lowest BCUT2D eigenvalue weighted by atomic mass is 10.2. The summed E-state index contributed by atoms with van der Waals surface area (Å²) in [4.78, 5) is 32.4. The van der Waals surface area contributed by atoms with Crippen molar-refractivity contribution in [3.63, 3.8) is 0 Å². The Morgan fingerprint density at radius 1 is 0.938 bits per heavy atom. The summed E-state index contributed by atoms with van der Waals surface area (Å²) in [6.45, 7) is 0. The molecule has 5 aromatic rings. The Labute approximate surface area is 186 Å². The number of thioether (sulfide) groups is 1. The molecule has 2 aromatic heterocycles. The van der Waals surface area contributed by atoms with Crippen molar-refractivity contribution in [1.82, 2.24) is 19.6 Å². The van der Waals surface area contributed by atoms with Crippen LogP contribution in [-0.4, -0.2) is 36.0 Å². The van der Waals surface area contributed by atoms with Gasteiger partial charge in [0.2, 0.25) is 0 Å². The van der Waals surface area contributed by atoms with Gasteiger partial charge in [-0.25, -0.2) is 9.97 Å². The van der Waals surface area contributed by atoms with Crippen LogP contribution >= 0.6 is 11.8 Å². The highest BCUT2D eigenvalue weighted by molar-refractivity contribution is 7.99. The number of fused-ring (bicyclic) bond motifs is 3. The normalized spacial score (nSPS) is 11.1. The maximum Gasteiger partial charge on any atom is 0.269 e. The van der Waals surface area contributed by atoms with E-state index in [1.165, 1.54) is 23.9 Å². The highest BCUT2D eigenvalue weighted by Gasteiger charge is 2.17. The Hall–Kier alpha value is -4.11. The third-order valence-electron chi connectivity index (χ3n) is 4.91. The lowest BCUT2D eigenvalue weighted by molar-refractivity contribution is -0.384. The summed E-state index contributed by atoms with van der Waals surface area (Å²) in [7, 11) is 0. The van der Waals surface area contributed by atoms with Crippen molar-refractivity contribution < 1.29 is 9.72 Å². The van der Waals surface area contributed by atoms with E-state index in [4.69, 9.17) is 4.98 Å². The summed E-state index contributed by atoms with van der Waals surface area (Å²) >= 11 is 1.29. The van der Waals surface area contributed by atoms with Gasteiger partial charge in [0.05, 0.1) is 16.2 Å². The number of nitrogens with zero attached hydrogens (tertiary/aromatic N) is 5. The number of hydrogen-bond acceptors (Lipinski definition) is 7. The van der Waals surface area contributed by atoms with E-state index in [-0.39, 0.29) is 17.2 Å². The second kappa shape index (κ2) is 8.20. The molecular formula is C23H15N5O3S. The standard InChI is InChI=1S/C23H15N5O3S/c29-20(15-6-2-1-3-7-15)14-32-23-24-19-9-5-4-8-18(19)22-25-21(26-27(22)23)16-10-12-17(13-11-16)28(30)31/h1-13H,14H2. The summed E-state index contributed by atoms with van der Waals surface area (Å²) in [6, 6.07) is 22.8. The molecule has 0 amide bonds. The number of nitro groups is 1. The SMILES string of the molecule is O=C(CSc1nc2ccccc2c2nc(-c3ccc([N+](=O)[O-])cc3)nn12)c1ccccc1. The number of aromatic nitrogens is 4. The molecule has 0 spiro atoms. The van der Waals surface area contributed by atoms with Gasteiger partial charge in [-0.1, -0.05) is 54.2 Å². The van der Waals surface area contributed by atoms with Crippen molar-refractivity contribution >= 4 is 39.8 Å². The number of ketones is 1. The molecule has 0 saturated carbocycles. The second-order valence-electron chi connectivity index (χ2n) is 6.96. The average Bonchev–Trinajstić information content (AvgIpc) is 3.29. The van der Waals surface area contributed by atoms with Crippen LogP contribution in [0.2, 0.25) is 0 Å². The first-order valence-electron chi connectivity index (χ1n) is 9.71. The number of carbonyl (C=O) groups excluding carboxylic acids is 1. The third-order valence-corrected chi connectivity index (χ3v) is 5.84. The molecule has 0 aliphatic rings. The number of para-hydroxylation sites is 1. The Kier molecular flexibility index (Phi) is 5.08. The smallest absolute Gasteiger partial charge is 0.269 e. The highest BCUT2D eigenvalue weighted by atomic mass is 32.2. The van der Waals surface area contributed by atoms with Gasteiger partial charge in [-0.2, -0.15) is 4.52 Å². The Morgan fingerprint density at radius 2 is 1.66 bits per heavy atom. The Morgan fingerprint density at radius 3 is 2.41 bits per heavy atom. The first-order chi connectivity index (χ1) is 15.6.